The summed E-state index contributed by atoms with van der Waals surface area (Å²) in [6.45, 7) is 1.89. The summed E-state index contributed by atoms with van der Waals surface area (Å²) in [5.74, 6) is 1.28. The quantitative estimate of drug-likeness (QED) is 0.761. The van der Waals surface area contributed by atoms with Crippen molar-refractivity contribution in [2.45, 2.75) is 38.3 Å². The van der Waals surface area contributed by atoms with E-state index in [-0.39, 0.29) is 18.0 Å². The number of carbonyl (C=O) groups excluding carboxylic acids is 1. The van der Waals surface area contributed by atoms with Crippen molar-refractivity contribution < 1.29 is 4.79 Å². The van der Waals surface area contributed by atoms with Crippen LogP contribution in [0.5, 0.6) is 0 Å². The second-order valence-electron chi connectivity index (χ2n) is 4.79. The SMILES string of the molecule is CC(NC(=O)CC(N)C1CC1)c1nncn1C. The van der Waals surface area contributed by atoms with Crippen LogP contribution in [0.3, 0.4) is 0 Å². The van der Waals surface area contributed by atoms with Crippen LogP contribution < -0.4 is 11.1 Å². The van der Waals surface area contributed by atoms with E-state index in [2.05, 4.69) is 15.5 Å². The van der Waals surface area contributed by atoms with Gasteiger partial charge in [0, 0.05) is 19.5 Å². The molecule has 0 saturated heterocycles. The molecule has 17 heavy (non-hydrogen) atoms. The summed E-state index contributed by atoms with van der Waals surface area (Å²) in [4.78, 5) is 11.8. The van der Waals surface area contributed by atoms with Crippen molar-refractivity contribution in [1.29, 1.82) is 0 Å². The minimum atomic E-state index is -0.138. The summed E-state index contributed by atoms with van der Waals surface area (Å²) in [5.41, 5.74) is 5.91. The molecule has 6 heteroatoms. The molecule has 3 N–H and O–H groups in total. The molecule has 1 aromatic heterocycles. The number of hydrogen-bond acceptors (Lipinski definition) is 4. The maximum Gasteiger partial charge on any atom is 0.222 e. The number of carbonyl (C=O) groups is 1. The molecule has 2 atom stereocenters. The highest BCUT2D eigenvalue weighted by atomic mass is 16.1. The Balaban J connectivity index is 1.83. The van der Waals surface area contributed by atoms with E-state index < -0.39 is 0 Å². The van der Waals surface area contributed by atoms with Crippen LogP contribution in [0.15, 0.2) is 6.33 Å². The maximum atomic E-state index is 11.8. The molecule has 1 saturated carbocycles. The van der Waals surface area contributed by atoms with Crippen LogP contribution in [-0.2, 0) is 11.8 Å². The molecule has 1 fully saturated rings. The molecule has 0 aromatic carbocycles. The van der Waals surface area contributed by atoms with Gasteiger partial charge in [-0.05, 0) is 25.7 Å². The third-order valence-electron chi connectivity index (χ3n) is 3.16. The Morgan fingerprint density at radius 2 is 2.41 bits per heavy atom. The van der Waals surface area contributed by atoms with Gasteiger partial charge in [-0.3, -0.25) is 4.79 Å². The first-order valence-corrected chi connectivity index (χ1v) is 5.96. The monoisotopic (exact) mass is 237 g/mol. The van der Waals surface area contributed by atoms with Gasteiger partial charge >= 0.3 is 0 Å². The van der Waals surface area contributed by atoms with E-state index in [4.69, 9.17) is 5.73 Å². The van der Waals surface area contributed by atoms with Gasteiger partial charge in [-0.15, -0.1) is 10.2 Å². The second kappa shape index (κ2) is 4.83. The fourth-order valence-corrected chi connectivity index (χ4v) is 1.95. The molecule has 2 rings (SSSR count). The number of nitrogens with one attached hydrogen (secondary N) is 1. The van der Waals surface area contributed by atoms with Gasteiger partial charge in [0.2, 0.25) is 5.91 Å². The van der Waals surface area contributed by atoms with Crippen molar-refractivity contribution in [2.24, 2.45) is 18.7 Å². The van der Waals surface area contributed by atoms with Crippen LogP contribution in [0.4, 0.5) is 0 Å². The smallest absolute Gasteiger partial charge is 0.222 e. The van der Waals surface area contributed by atoms with Crippen LogP contribution in [0.1, 0.15) is 38.1 Å². The summed E-state index contributed by atoms with van der Waals surface area (Å²) in [6, 6.07) is -0.136. The van der Waals surface area contributed by atoms with Crippen LogP contribution in [0.2, 0.25) is 0 Å². The normalized spacial score (nSPS) is 18.8. The van der Waals surface area contributed by atoms with Gasteiger partial charge in [-0.2, -0.15) is 0 Å². The summed E-state index contributed by atoms with van der Waals surface area (Å²) < 4.78 is 1.80. The Kier molecular flexibility index (Phi) is 3.42. The number of nitrogens with two attached hydrogens (primary N) is 1. The third kappa shape index (κ3) is 3.03. The number of amides is 1. The molecular weight excluding hydrogens is 218 g/mol. The van der Waals surface area contributed by atoms with Gasteiger partial charge in [0.05, 0.1) is 6.04 Å². The highest BCUT2D eigenvalue weighted by Gasteiger charge is 2.30. The Bertz CT molecular complexity index is 398. The van der Waals surface area contributed by atoms with E-state index in [1.807, 2.05) is 14.0 Å². The van der Waals surface area contributed by atoms with E-state index in [9.17, 15) is 4.79 Å². The van der Waals surface area contributed by atoms with Crippen molar-refractivity contribution in [1.82, 2.24) is 20.1 Å². The third-order valence-corrected chi connectivity index (χ3v) is 3.16. The van der Waals surface area contributed by atoms with Crippen molar-refractivity contribution in [3.8, 4) is 0 Å². The summed E-state index contributed by atoms with van der Waals surface area (Å²) in [5, 5.41) is 10.6. The van der Waals surface area contributed by atoms with Gasteiger partial charge in [-0.25, -0.2) is 0 Å². The van der Waals surface area contributed by atoms with Gasteiger partial charge in [0.1, 0.15) is 6.33 Å². The zero-order valence-electron chi connectivity index (χ0n) is 10.3. The average Bonchev–Trinajstić information content (AvgIpc) is 3.01. The molecule has 0 spiro atoms. The molecule has 1 aliphatic carbocycles. The van der Waals surface area contributed by atoms with E-state index >= 15 is 0 Å². The number of hydrogen-bond donors (Lipinski definition) is 2. The highest BCUT2D eigenvalue weighted by Crippen LogP contribution is 2.32. The predicted octanol–water partition coefficient (Wildman–Crippen LogP) is 0.120. The van der Waals surface area contributed by atoms with Crippen molar-refractivity contribution in [3.63, 3.8) is 0 Å². The molecular formula is C11H19N5O. The van der Waals surface area contributed by atoms with Gasteiger partial charge in [-0.1, -0.05) is 0 Å². The zero-order chi connectivity index (χ0) is 12.4. The van der Waals surface area contributed by atoms with Gasteiger partial charge < -0.3 is 15.6 Å². The molecule has 6 nitrogen and oxygen atoms in total. The van der Waals surface area contributed by atoms with Crippen molar-refractivity contribution in [2.75, 3.05) is 0 Å². The zero-order valence-corrected chi connectivity index (χ0v) is 10.3. The largest absolute Gasteiger partial charge is 0.346 e. The first-order valence-electron chi connectivity index (χ1n) is 5.96. The molecule has 1 amide bonds. The number of nitrogens with zero attached hydrogens (tertiary/aromatic N) is 3. The van der Waals surface area contributed by atoms with E-state index in [1.165, 1.54) is 0 Å². The standard InChI is InChI=1S/C11H19N5O/c1-7(11-15-13-6-16(11)2)14-10(17)5-9(12)8-3-4-8/h6-9H,3-5,12H2,1-2H3,(H,14,17). The molecule has 1 aromatic rings. The fraction of sp³-hybridized carbons (Fsp3) is 0.727. The van der Waals surface area contributed by atoms with Crippen LogP contribution in [-0.4, -0.2) is 26.7 Å². The lowest BCUT2D eigenvalue weighted by atomic mass is 10.1. The lowest BCUT2D eigenvalue weighted by Crippen LogP contribution is -2.35. The molecule has 0 bridgehead atoms. The average molecular weight is 237 g/mol. The Hall–Kier alpha value is -1.43. The molecule has 94 valence electrons. The molecule has 1 heterocycles. The number of aromatic nitrogens is 3. The first kappa shape index (κ1) is 12.0. The van der Waals surface area contributed by atoms with Crippen LogP contribution in [0, 0.1) is 5.92 Å². The summed E-state index contributed by atoms with van der Waals surface area (Å²) in [7, 11) is 1.86. The topological polar surface area (TPSA) is 85.8 Å². The summed E-state index contributed by atoms with van der Waals surface area (Å²) >= 11 is 0. The van der Waals surface area contributed by atoms with E-state index in [0.717, 1.165) is 18.7 Å². The molecule has 0 radical (unpaired) electrons. The number of aryl methyl sites for hydroxylation is 1. The number of rotatable bonds is 5. The van der Waals surface area contributed by atoms with Crippen molar-refractivity contribution in [3.05, 3.63) is 12.2 Å². The van der Waals surface area contributed by atoms with E-state index in [1.54, 1.807) is 10.9 Å². The lowest BCUT2D eigenvalue weighted by Gasteiger charge is -2.15. The lowest BCUT2D eigenvalue weighted by molar-refractivity contribution is -0.122. The second-order valence-corrected chi connectivity index (χ2v) is 4.79. The molecule has 2 unspecified atom stereocenters. The summed E-state index contributed by atoms with van der Waals surface area (Å²) in [6.07, 6.45) is 4.33. The molecule has 0 aliphatic heterocycles. The van der Waals surface area contributed by atoms with Crippen LogP contribution in [0.25, 0.3) is 0 Å². The Morgan fingerprint density at radius 3 is 2.94 bits per heavy atom. The first-order chi connectivity index (χ1) is 8.08. The highest BCUT2D eigenvalue weighted by molar-refractivity contribution is 5.77. The Morgan fingerprint density at radius 1 is 1.71 bits per heavy atom. The Labute approximate surface area is 101 Å². The van der Waals surface area contributed by atoms with E-state index in [0.29, 0.717) is 12.3 Å². The minimum Gasteiger partial charge on any atom is -0.346 e. The maximum absolute atomic E-state index is 11.8. The molecule has 1 aliphatic rings. The fourth-order valence-electron chi connectivity index (χ4n) is 1.95. The predicted molar refractivity (Wildman–Crippen MR) is 62.9 cm³/mol. The van der Waals surface area contributed by atoms with Gasteiger partial charge in [0.25, 0.3) is 0 Å². The minimum absolute atomic E-state index is 0.00157. The van der Waals surface area contributed by atoms with Gasteiger partial charge in [0.15, 0.2) is 5.82 Å². The van der Waals surface area contributed by atoms with Crippen LogP contribution >= 0.6 is 0 Å². The van der Waals surface area contributed by atoms with Crippen molar-refractivity contribution >= 4 is 5.91 Å².